The molecule has 0 aliphatic carbocycles. The van der Waals surface area contributed by atoms with E-state index in [4.69, 9.17) is 9.15 Å². The van der Waals surface area contributed by atoms with Gasteiger partial charge in [-0.15, -0.1) is 0 Å². The normalized spacial score (nSPS) is 18.3. The number of ether oxygens (including phenoxy) is 1. The molecular formula is C24H26N4O6. The number of benzene rings is 1. The van der Waals surface area contributed by atoms with Gasteiger partial charge in [0.2, 0.25) is 0 Å². The Morgan fingerprint density at radius 3 is 2.53 bits per heavy atom. The van der Waals surface area contributed by atoms with Gasteiger partial charge in [0, 0.05) is 26.2 Å². The Hall–Kier alpha value is -3.79. The highest BCUT2D eigenvalue weighted by Gasteiger charge is 2.46. The monoisotopic (exact) mass is 466 g/mol. The Labute approximate surface area is 196 Å². The Bertz CT molecular complexity index is 1110. The fourth-order valence-corrected chi connectivity index (χ4v) is 3.93. The van der Waals surface area contributed by atoms with Crippen LogP contribution in [0, 0.1) is 6.92 Å². The lowest BCUT2D eigenvalue weighted by atomic mass is 10.0. The Kier molecular flexibility index (Phi) is 6.87. The van der Waals surface area contributed by atoms with Gasteiger partial charge in [-0.25, -0.2) is 14.7 Å². The van der Waals surface area contributed by atoms with Crippen LogP contribution in [0.4, 0.5) is 4.79 Å². The molecule has 34 heavy (non-hydrogen) atoms. The van der Waals surface area contributed by atoms with Gasteiger partial charge >= 0.3 is 17.8 Å². The fourth-order valence-electron chi connectivity index (χ4n) is 3.93. The van der Waals surface area contributed by atoms with Crippen molar-refractivity contribution in [1.82, 2.24) is 14.8 Å². The van der Waals surface area contributed by atoms with Gasteiger partial charge < -0.3 is 9.15 Å². The highest BCUT2D eigenvalue weighted by Crippen LogP contribution is 2.33. The lowest BCUT2D eigenvalue weighted by Crippen LogP contribution is -2.42. The number of nitrogens with zero attached hydrogens (tertiary/aromatic N) is 4. The first-order valence-electron chi connectivity index (χ1n) is 11.2. The van der Waals surface area contributed by atoms with E-state index in [-0.39, 0.29) is 6.54 Å². The highest BCUT2D eigenvalue weighted by atomic mass is 16.5. The summed E-state index contributed by atoms with van der Waals surface area (Å²) in [5, 5.41) is 5.73. The molecule has 178 valence electrons. The number of rotatable bonds is 9. The smallest absolute Gasteiger partial charge is 0.334 e. The van der Waals surface area contributed by atoms with E-state index in [0.29, 0.717) is 42.4 Å². The number of hydrogen-bond acceptors (Lipinski definition) is 7. The third-order valence-electron chi connectivity index (χ3n) is 5.73. The van der Waals surface area contributed by atoms with Crippen LogP contribution >= 0.6 is 0 Å². The molecule has 4 rings (SSSR count). The maximum absolute atomic E-state index is 13.2. The van der Waals surface area contributed by atoms with Crippen LogP contribution in [0.25, 0.3) is 0 Å². The van der Waals surface area contributed by atoms with Gasteiger partial charge in [-0.3, -0.25) is 19.3 Å². The summed E-state index contributed by atoms with van der Waals surface area (Å²) in [5.74, 6) is -2.02. The number of furan rings is 1. The summed E-state index contributed by atoms with van der Waals surface area (Å²) in [6.45, 7) is 4.14. The van der Waals surface area contributed by atoms with Crippen LogP contribution in [0.15, 0.2) is 52.2 Å². The van der Waals surface area contributed by atoms with E-state index in [9.17, 15) is 19.2 Å². The van der Waals surface area contributed by atoms with Crippen LogP contribution in [0.5, 0.6) is 0 Å². The summed E-state index contributed by atoms with van der Waals surface area (Å²) < 4.78 is 10.7. The van der Waals surface area contributed by atoms with Gasteiger partial charge in [0.25, 0.3) is 5.91 Å². The molecule has 3 heterocycles. The average Bonchev–Trinajstić information content (AvgIpc) is 3.55. The summed E-state index contributed by atoms with van der Waals surface area (Å²) in [6, 6.07) is 9.89. The number of amides is 5. The minimum absolute atomic E-state index is 0.0442. The maximum Gasteiger partial charge on any atom is 0.334 e. The summed E-state index contributed by atoms with van der Waals surface area (Å²) in [4.78, 5) is 52.2. The quantitative estimate of drug-likeness (QED) is 0.319. The number of carbonyl (C=O) groups is 4. The molecule has 1 aromatic carbocycles. The lowest BCUT2D eigenvalue weighted by Gasteiger charge is -2.22. The molecule has 2 aliphatic heterocycles. The molecule has 2 aromatic rings. The predicted molar refractivity (Wildman–Crippen MR) is 121 cm³/mol. The number of aryl methyl sites for hydroxylation is 1. The van der Waals surface area contributed by atoms with Crippen LogP contribution in [-0.2, 0) is 19.1 Å². The van der Waals surface area contributed by atoms with Gasteiger partial charge in [0.15, 0.2) is 0 Å². The van der Waals surface area contributed by atoms with Crippen LogP contribution in [0.3, 0.4) is 0 Å². The second kappa shape index (κ2) is 10.0. The molecule has 1 fully saturated rings. The second-order valence-corrected chi connectivity index (χ2v) is 8.07. The van der Waals surface area contributed by atoms with Crippen molar-refractivity contribution in [1.29, 1.82) is 0 Å². The van der Waals surface area contributed by atoms with Crippen molar-refractivity contribution in [2.24, 2.45) is 5.10 Å². The number of hydrogen-bond donors (Lipinski definition) is 0. The maximum atomic E-state index is 13.2. The van der Waals surface area contributed by atoms with Crippen molar-refractivity contribution in [2.75, 3.05) is 26.3 Å². The molecular weight excluding hydrogens is 440 g/mol. The highest BCUT2D eigenvalue weighted by molar-refractivity contribution is 6.45. The number of imide groups is 2. The molecule has 0 radical (unpaired) electrons. The zero-order valence-electron chi connectivity index (χ0n) is 19.1. The molecule has 0 spiro atoms. The van der Waals surface area contributed by atoms with E-state index in [1.807, 2.05) is 38.1 Å². The summed E-state index contributed by atoms with van der Waals surface area (Å²) in [6.07, 6.45) is 2.32. The minimum Gasteiger partial charge on any atom is -0.467 e. The first kappa shape index (κ1) is 23.4. The van der Waals surface area contributed by atoms with Crippen LogP contribution in [-0.4, -0.2) is 70.6 Å². The van der Waals surface area contributed by atoms with E-state index in [1.165, 1.54) is 11.3 Å². The van der Waals surface area contributed by atoms with Gasteiger partial charge in [0.1, 0.15) is 18.3 Å². The number of hydrazone groups is 1. The first-order valence-corrected chi connectivity index (χ1v) is 11.2. The van der Waals surface area contributed by atoms with Crippen LogP contribution in [0.1, 0.15) is 42.7 Å². The molecule has 1 saturated heterocycles. The second-order valence-electron chi connectivity index (χ2n) is 8.07. The predicted octanol–water partition coefficient (Wildman–Crippen LogP) is 2.48. The molecule has 10 heteroatoms. The average molecular weight is 466 g/mol. The lowest BCUT2D eigenvalue weighted by molar-refractivity contribution is -0.145. The van der Waals surface area contributed by atoms with Crippen LogP contribution < -0.4 is 0 Å². The van der Waals surface area contributed by atoms with E-state index >= 15 is 0 Å². The molecule has 5 amide bonds. The van der Waals surface area contributed by atoms with Crippen molar-refractivity contribution in [3.63, 3.8) is 0 Å². The van der Waals surface area contributed by atoms with Crippen molar-refractivity contribution in [3.8, 4) is 0 Å². The standard InChI is InChI=1S/C24H26N4O6/c1-3-33-12-5-11-26-22(30)23(31)27(24(26)32)15-21(29)28-19(20-6-4-13-34-20)14-18(25-28)17-9-7-16(2)8-10-17/h4,6-10,13,19H,3,5,11-12,14-15H2,1-2H3/t19-/m0/s1. The number of carbonyl (C=O) groups excluding carboxylic acids is 4. The topological polar surface area (TPSA) is 113 Å². The minimum atomic E-state index is -1.02. The molecule has 0 bridgehead atoms. The van der Waals surface area contributed by atoms with Gasteiger partial charge in [0.05, 0.1) is 12.0 Å². The van der Waals surface area contributed by atoms with Gasteiger partial charge in [-0.1, -0.05) is 29.8 Å². The number of urea groups is 1. The first-order chi connectivity index (χ1) is 16.4. The Balaban J connectivity index is 1.51. The molecule has 2 aliphatic rings. The van der Waals surface area contributed by atoms with E-state index in [1.54, 1.807) is 12.1 Å². The van der Waals surface area contributed by atoms with E-state index in [2.05, 4.69) is 5.10 Å². The van der Waals surface area contributed by atoms with Crippen molar-refractivity contribution in [3.05, 3.63) is 59.5 Å². The fraction of sp³-hybridized carbons (Fsp3) is 0.375. The third-order valence-corrected chi connectivity index (χ3v) is 5.73. The summed E-state index contributed by atoms with van der Waals surface area (Å²) in [7, 11) is 0. The van der Waals surface area contributed by atoms with Crippen molar-refractivity contribution >= 4 is 29.5 Å². The van der Waals surface area contributed by atoms with E-state index in [0.717, 1.165) is 16.0 Å². The zero-order valence-corrected chi connectivity index (χ0v) is 19.1. The largest absolute Gasteiger partial charge is 0.467 e. The Morgan fingerprint density at radius 2 is 1.85 bits per heavy atom. The van der Waals surface area contributed by atoms with Gasteiger partial charge in [-0.05, 0) is 38.0 Å². The van der Waals surface area contributed by atoms with E-state index < -0.39 is 36.3 Å². The van der Waals surface area contributed by atoms with Gasteiger partial charge in [-0.2, -0.15) is 5.10 Å². The summed E-state index contributed by atoms with van der Waals surface area (Å²) in [5.41, 5.74) is 2.64. The summed E-state index contributed by atoms with van der Waals surface area (Å²) >= 11 is 0. The molecule has 1 atom stereocenters. The third kappa shape index (κ3) is 4.62. The SMILES string of the molecule is CCOCCCN1C(=O)C(=O)N(CC(=O)N2N=C(c3ccc(C)cc3)C[C@H]2c2ccco2)C1=O. The van der Waals surface area contributed by atoms with Crippen LogP contribution in [0.2, 0.25) is 0 Å². The molecule has 0 saturated carbocycles. The zero-order chi connectivity index (χ0) is 24.2. The molecule has 0 unspecified atom stereocenters. The van der Waals surface area contributed by atoms with Crippen molar-refractivity contribution in [2.45, 2.75) is 32.7 Å². The molecule has 1 aromatic heterocycles. The Morgan fingerprint density at radius 1 is 1.12 bits per heavy atom. The van der Waals surface area contributed by atoms with Crippen molar-refractivity contribution < 1.29 is 28.3 Å². The molecule has 10 nitrogen and oxygen atoms in total. The molecule has 0 N–H and O–H groups in total.